The minimum Gasteiger partial charge on any atom is -0.324 e. The van der Waals surface area contributed by atoms with Crippen LogP contribution in [-0.4, -0.2) is 6.18 Å². The first-order valence-electron chi connectivity index (χ1n) is 6.61. The highest BCUT2D eigenvalue weighted by Gasteiger charge is 2.37. The molecular weight excluding hydrogens is 365 g/mol. The highest BCUT2D eigenvalue weighted by atomic mass is 19.4. The van der Waals surface area contributed by atoms with Gasteiger partial charge in [-0.25, -0.2) is 0 Å². The molecule has 1 aromatic carbocycles. The fraction of sp³-hybridized carbons (Fsp3) is 0.333. The van der Waals surface area contributed by atoms with E-state index in [0.717, 1.165) is 0 Å². The SMILES string of the molecule is C=C/C(=C\CC(N)c1cc(C(F)(F)F)cc(C(F)(F)F)c1)C(F)(F)F. The molecule has 0 aliphatic rings. The quantitative estimate of drug-likeness (QED) is 0.522. The predicted octanol–water partition coefficient (Wildman–Crippen LogP) is 5.79. The zero-order valence-electron chi connectivity index (χ0n) is 12.4. The first kappa shape index (κ1) is 21.1. The van der Waals surface area contributed by atoms with Crippen LogP contribution in [0.4, 0.5) is 39.5 Å². The molecule has 25 heavy (non-hydrogen) atoms. The number of halogens is 9. The summed E-state index contributed by atoms with van der Waals surface area (Å²) in [5.74, 6) is 0. The molecule has 0 fully saturated rings. The van der Waals surface area contributed by atoms with Crippen LogP contribution in [0.1, 0.15) is 29.2 Å². The minimum atomic E-state index is -5.07. The van der Waals surface area contributed by atoms with E-state index >= 15 is 0 Å². The van der Waals surface area contributed by atoms with Gasteiger partial charge in [-0.05, 0) is 30.2 Å². The van der Waals surface area contributed by atoms with Crippen molar-refractivity contribution in [3.63, 3.8) is 0 Å². The average molecular weight is 377 g/mol. The second-order valence-electron chi connectivity index (χ2n) is 5.04. The fourth-order valence-corrected chi connectivity index (χ4v) is 1.90. The molecule has 0 saturated carbocycles. The number of rotatable bonds is 4. The van der Waals surface area contributed by atoms with Crippen LogP contribution in [0, 0.1) is 0 Å². The Labute approximate surface area is 136 Å². The van der Waals surface area contributed by atoms with E-state index in [2.05, 4.69) is 6.58 Å². The summed E-state index contributed by atoms with van der Waals surface area (Å²) in [5, 5.41) is 0. The van der Waals surface area contributed by atoms with Crippen molar-refractivity contribution >= 4 is 0 Å². The van der Waals surface area contributed by atoms with Crippen LogP contribution in [0.2, 0.25) is 0 Å². The molecule has 0 bridgehead atoms. The molecule has 0 amide bonds. The van der Waals surface area contributed by atoms with E-state index in [0.29, 0.717) is 24.3 Å². The van der Waals surface area contributed by atoms with Crippen molar-refractivity contribution in [2.45, 2.75) is 31.0 Å². The summed E-state index contributed by atoms with van der Waals surface area (Å²) in [6.45, 7) is 2.94. The molecule has 1 aromatic rings. The number of benzene rings is 1. The fourth-order valence-electron chi connectivity index (χ4n) is 1.90. The zero-order chi connectivity index (χ0) is 19.6. The van der Waals surface area contributed by atoms with Gasteiger partial charge in [0.15, 0.2) is 0 Å². The van der Waals surface area contributed by atoms with E-state index in [9.17, 15) is 39.5 Å². The van der Waals surface area contributed by atoms with Gasteiger partial charge in [-0.3, -0.25) is 0 Å². The second-order valence-corrected chi connectivity index (χ2v) is 5.04. The molecule has 1 unspecified atom stereocenters. The lowest BCUT2D eigenvalue weighted by Crippen LogP contribution is -2.16. The van der Waals surface area contributed by atoms with Crippen LogP contribution in [-0.2, 0) is 12.4 Å². The normalized spacial score (nSPS) is 15.2. The summed E-state index contributed by atoms with van der Waals surface area (Å²) < 4.78 is 114. The first-order valence-corrected chi connectivity index (χ1v) is 6.61. The van der Waals surface area contributed by atoms with Gasteiger partial charge in [0.25, 0.3) is 0 Å². The molecule has 0 radical (unpaired) electrons. The van der Waals surface area contributed by atoms with Crippen molar-refractivity contribution in [3.8, 4) is 0 Å². The van der Waals surface area contributed by atoms with Crippen molar-refractivity contribution < 1.29 is 39.5 Å². The Kier molecular flexibility index (Phi) is 5.99. The summed E-state index contributed by atoms with van der Waals surface area (Å²) in [4.78, 5) is 0. The van der Waals surface area contributed by atoms with E-state index in [1.165, 1.54) is 0 Å². The zero-order valence-corrected chi connectivity index (χ0v) is 12.4. The largest absolute Gasteiger partial charge is 0.416 e. The number of hydrogen-bond acceptors (Lipinski definition) is 1. The Bertz CT molecular complexity index is 618. The van der Waals surface area contributed by atoms with Crippen LogP contribution in [0.15, 0.2) is 42.5 Å². The molecule has 0 aliphatic carbocycles. The van der Waals surface area contributed by atoms with Crippen LogP contribution in [0.25, 0.3) is 0 Å². The third-order valence-corrected chi connectivity index (χ3v) is 3.18. The average Bonchev–Trinajstić information content (AvgIpc) is 2.43. The molecule has 0 spiro atoms. The molecule has 140 valence electrons. The van der Waals surface area contributed by atoms with E-state index in [4.69, 9.17) is 5.73 Å². The van der Waals surface area contributed by atoms with Gasteiger partial charge in [-0.1, -0.05) is 18.7 Å². The van der Waals surface area contributed by atoms with Gasteiger partial charge in [0.1, 0.15) is 0 Å². The molecular formula is C15H12F9N. The Hall–Kier alpha value is -1.97. The van der Waals surface area contributed by atoms with E-state index in [1.807, 2.05) is 0 Å². The summed E-state index contributed by atoms with van der Waals surface area (Å²) in [6.07, 6.45) is -14.5. The van der Waals surface area contributed by atoms with Crippen LogP contribution < -0.4 is 5.73 Å². The van der Waals surface area contributed by atoms with Gasteiger partial charge < -0.3 is 5.73 Å². The standard InChI is InChI=1S/C15H12F9N/c1-2-9(13(16,17)18)3-4-12(25)8-5-10(14(19,20)21)7-11(6-8)15(22,23)24/h2-3,5-7,12H,1,4,25H2/b9-3+. The maximum atomic E-state index is 12.7. The van der Waals surface area contributed by atoms with Crippen molar-refractivity contribution in [1.29, 1.82) is 0 Å². The third kappa shape index (κ3) is 5.80. The van der Waals surface area contributed by atoms with Crippen molar-refractivity contribution in [1.82, 2.24) is 0 Å². The van der Waals surface area contributed by atoms with E-state index in [-0.39, 0.29) is 6.07 Å². The van der Waals surface area contributed by atoms with Crippen molar-refractivity contribution in [2.24, 2.45) is 5.73 Å². The van der Waals surface area contributed by atoms with Crippen LogP contribution in [0.3, 0.4) is 0 Å². The summed E-state index contributed by atoms with van der Waals surface area (Å²) in [5.41, 5.74) is 0.543. The van der Waals surface area contributed by atoms with Gasteiger partial charge in [-0.2, -0.15) is 39.5 Å². The maximum Gasteiger partial charge on any atom is 0.416 e. The summed E-state index contributed by atoms with van der Waals surface area (Å²) in [6, 6.07) is -0.818. The highest BCUT2D eigenvalue weighted by molar-refractivity contribution is 5.35. The molecule has 1 atom stereocenters. The summed E-state index contributed by atoms with van der Waals surface area (Å²) in [7, 11) is 0. The summed E-state index contributed by atoms with van der Waals surface area (Å²) >= 11 is 0. The Morgan fingerprint density at radius 1 is 0.920 bits per heavy atom. The Balaban J connectivity index is 3.27. The van der Waals surface area contributed by atoms with Crippen LogP contribution >= 0.6 is 0 Å². The lowest BCUT2D eigenvalue weighted by molar-refractivity contribution is -0.143. The van der Waals surface area contributed by atoms with E-state index in [1.54, 1.807) is 0 Å². The van der Waals surface area contributed by atoms with Crippen molar-refractivity contribution in [2.75, 3.05) is 0 Å². The maximum absolute atomic E-state index is 12.7. The number of hydrogen-bond donors (Lipinski definition) is 1. The van der Waals surface area contributed by atoms with Crippen LogP contribution in [0.5, 0.6) is 0 Å². The molecule has 1 nitrogen and oxygen atoms in total. The molecule has 10 heteroatoms. The monoisotopic (exact) mass is 377 g/mol. The molecule has 0 saturated heterocycles. The Morgan fingerprint density at radius 3 is 1.68 bits per heavy atom. The number of alkyl halides is 9. The highest BCUT2D eigenvalue weighted by Crippen LogP contribution is 2.37. The van der Waals surface area contributed by atoms with Crippen molar-refractivity contribution in [3.05, 3.63) is 59.2 Å². The molecule has 2 N–H and O–H groups in total. The number of allylic oxidation sites excluding steroid dienone is 2. The molecule has 0 heterocycles. The van der Waals surface area contributed by atoms with Gasteiger partial charge in [0, 0.05) is 6.04 Å². The second kappa shape index (κ2) is 7.11. The minimum absolute atomic E-state index is 0.0864. The molecule has 0 aromatic heterocycles. The number of nitrogens with two attached hydrogens (primary N) is 1. The van der Waals surface area contributed by atoms with E-state index < -0.39 is 53.3 Å². The lowest BCUT2D eigenvalue weighted by atomic mass is 9.97. The topological polar surface area (TPSA) is 26.0 Å². The predicted molar refractivity (Wildman–Crippen MR) is 72.3 cm³/mol. The van der Waals surface area contributed by atoms with Gasteiger partial charge in [-0.15, -0.1) is 0 Å². The smallest absolute Gasteiger partial charge is 0.324 e. The molecule has 1 rings (SSSR count). The first-order chi connectivity index (χ1) is 11.2. The molecule has 0 aliphatic heterocycles. The Morgan fingerprint density at radius 2 is 1.36 bits per heavy atom. The van der Waals surface area contributed by atoms with Gasteiger partial charge >= 0.3 is 18.5 Å². The van der Waals surface area contributed by atoms with Gasteiger partial charge in [0.05, 0.1) is 16.7 Å². The lowest BCUT2D eigenvalue weighted by Gasteiger charge is -2.17. The third-order valence-electron chi connectivity index (χ3n) is 3.18. The van der Waals surface area contributed by atoms with Gasteiger partial charge in [0.2, 0.25) is 0 Å².